The summed E-state index contributed by atoms with van der Waals surface area (Å²) >= 11 is 0. The van der Waals surface area contributed by atoms with Gasteiger partial charge in [-0.2, -0.15) is 0 Å². The fraction of sp³-hybridized carbons (Fsp3) is 0.444. The number of carboxylic acids is 2. The Labute approximate surface area is 161 Å². The summed E-state index contributed by atoms with van der Waals surface area (Å²) in [5.74, 6) is -1.96. The van der Waals surface area contributed by atoms with Crippen LogP contribution in [0.4, 0.5) is 11.4 Å². The summed E-state index contributed by atoms with van der Waals surface area (Å²) in [6.45, 7) is 3.18. The molecule has 0 spiro atoms. The van der Waals surface area contributed by atoms with Crippen molar-refractivity contribution in [1.82, 2.24) is 4.90 Å². The third-order valence-corrected chi connectivity index (χ3v) is 5.17. The van der Waals surface area contributed by atoms with Crippen LogP contribution >= 0.6 is 0 Å². The molecule has 0 aliphatic carbocycles. The van der Waals surface area contributed by atoms with E-state index in [4.69, 9.17) is 14.9 Å². The van der Waals surface area contributed by atoms with Crippen molar-refractivity contribution in [2.45, 2.75) is 24.9 Å². The third-order valence-electron chi connectivity index (χ3n) is 5.17. The van der Waals surface area contributed by atoms with E-state index in [0.717, 1.165) is 24.2 Å². The smallest absolute Gasteiger partial charge is 0.328 e. The molecule has 1 aromatic rings. The van der Waals surface area contributed by atoms with Gasteiger partial charge in [-0.3, -0.25) is 15.0 Å². The van der Waals surface area contributed by atoms with Crippen molar-refractivity contribution in [3.8, 4) is 5.75 Å². The number of likely N-dealkylation sites (N-methyl/N-ethyl adjacent to an activating group) is 2. The van der Waals surface area contributed by atoms with E-state index in [9.17, 15) is 19.7 Å². The first-order valence-electron chi connectivity index (χ1n) is 8.46. The highest BCUT2D eigenvalue weighted by molar-refractivity contribution is 5.89. The van der Waals surface area contributed by atoms with Crippen LogP contribution in [0.15, 0.2) is 24.3 Å². The molecule has 3 rings (SSSR count). The molecule has 0 aromatic heterocycles. The number of hydrogen-bond acceptors (Lipinski definition) is 7. The zero-order valence-electron chi connectivity index (χ0n) is 16.1. The predicted molar refractivity (Wildman–Crippen MR) is 101 cm³/mol. The highest BCUT2D eigenvalue weighted by Gasteiger charge is 2.54. The normalized spacial score (nSPS) is 23.0. The molecule has 0 amide bonds. The van der Waals surface area contributed by atoms with Crippen LogP contribution in [-0.4, -0.2) is 65.9 Å². The maximum atomic E-state index is 11.4. The maximum Gasteiger partial charge on any atom is 0.328 e. The maximum absolute atomic E-state index is 11.4. The van der Waals surface area contributed by atoms with Gasteiger partial charge < -0.3 is 19.8 Å². The topological polar surface area (TPSA) is 133 Å². The number of nitro groups is 1. The van der Waals surface area contributed by atoms with Gasteiger partial charge in [0.25, 0.3) is 5.69 Å². The van der Waals surface area contributed by atoms with E-state index in [2.05, 4.69) is 18.9 Å². The number of carboxylic acid groups (broad SMARTS) is 2. The van der Waals surface area contributed by atoms with Gasteiger partial charge >= 0.3 is 11.9 Å². The number of rotatable bonds is 4. The summed E-state index contributed by atoms with van der Waals surface area (Å²) in [6.07, 6.45) is 2.28. The van der Waals surface area contributed by atoms with Crippen LogP contribution in [0.2, 0.25) is 0 Å². The third kappa shape index (κ3) is 3.77. The van der Waals surface area contributed by atoms with Crippen LogP contribution in [0.5, 0.6) is 5.75 Å². The van der Waals surface area contributed by atoms with Crippen molar-refractivity contribution >= 4 is 23.3 Å². The summed E-state index contributed by atoms with van der Waals surface area (Å²) in [4.78, 5) is 34.5. The lowest BCUT2D eigenvalue weighted by molar-refractivity contribution is -0.384. The number of likely N-dealkylation sites (tertiary alicyclic amines) is 1. The summed E-state index contributed by atoms with van der Waals surface area (Å²) in [7, 11) is 5.56. The van der Waals surface area contributed by atoms with Gasteiger partial charge in [0.1, 0.15) is 11.4 Å². The van der Waals surface area contributed by atoms with Gasteiger partial charge in [0.2, 0.25) is 0 Å². The second-order valence-electron chi connectivity index (χ2n) is 6.94. The summed E-state index contributed by atoms with van der Waals surface area (Å²) in [6, 6.07) is 3.47. The van der Waals surface area contributed by atoms with Crippen molar-refractivity contribution in [2.75, 3.05) is 32.6 Å². The molecule has 1 saturated heterocycles. The molecule has 1 aromatic carbocycles. The predicted octanol–water partition coefficient (Wildman–Crippen LogP) is 1.68. The first kappa shape index (κ1) is 21.2. The second-order valence-corrected chi connectivity index (χ2v) is 6.94. The first-order chi connectivity index (χ1) is 13.0. The number of fused-ring (bicyclic) bond motifs is 3. The molecule has 0 unspecified atom stereocenters. The lowest BCUT2D eigenvalue weighted by Crippen LogP contribution is -2.45. The minimum Gasteiger partial charge on any atom is -0.496 e. The van der Waals surface area contributed by atoms with E-state index >= 15 is 0 Å². The van der Waals surface area contributed by atoms with Gasteiger partial charge in [0.15, 0.2) is 0 Å². The standard InChI is InChI=1S/C14H19N3O3.C4H4O4/c1-14-5-6-15(2)13(14)16(3)12-10(14)7-9(20-4)8-11(12)17(18)19;5-3(6)1-2-4(7)8/h7-8,13H,5-6H2,1-4H3;1-2H,(H,5,6)(H,7,8)/b;2-1+/t13-,14+;/m1./s1. The molecular weight excluding hydrogens is 370 g/mol. The molecule has 152 valence electrons. The van der Waals surface area contributed by atoms with E-state index in [1.54, 1.807) is 7.11 Å². The lowest BCUT2D eigenvalue weighted by atomic mass is 9.81. The van der Waals surface area contributed by atoms with Crippen LogP contribution in [0.1, 0.15) is 18.9 Å². The minimum absolute atomic E-state index is 0.0852. The molecule has 2 aliphatic rings. The summed E-state index contributed by atoms with van der Waals surface area (Å²) in [5, 5.41) is 27.0. The first-order valence-corrected chi connectivity index (χ1v) is 8.46. The summed E-state index contributed by atoms with van der Waals surface area (Å²) in [5.41, 5.74) is 1.80. The Morgan fingerprint density at radius 3 is 2.32 bits per heavy atom. The molecule has 0 bridgehead atoms. The van der Waals surface area contributed by atoms with Gasteiger partial charge in [-0.05, 0) is 25.1 Å². The van der Waals surface area contributed by atoms with E-state index in [-0.39, 0.29) is 22.2 Å². The summed E-state index contributed by atoms with van der Waals surface area (Å²) < 4.78 is 5.25. The largest absolute Gasteiger partial charge is 0.496 e. The number of carbonyl (C=O) groups is 2. The Balaban J connectivity index is 0.000000300. The monoisotopic (exact) mass is 393 g/mol. The van der Waals surface area contributed by atoms with Gasteiger partial charge in [-0.1, -0.05) is 6.92 Å². The van der Waals surface area contributed by atoms with Crippen LogP contribution < -0.4 is 9.64 Å². The van der Waals surface area contributed by atoms with E-state index in [1.165, 1.54) is 6.07 Å². The van der Waals surface area contributed by atoms with E-state index in [0.29, 0.717) is 17.9 Å². The van der Waals surface area contributed by atoms with Crippen LogP contribution in [0.25, 0.3) is 0 Å². The Bertz CT molecular complexity index is 823. The second kappa shape index (κ2) is 7.85. The Hall–Kier alpha value is -3.14. The molecule has 2 N–H and O–H groups in total. The number of hydrogen-bond donors (Lipinski definition) is 2. The molecule has 2 atom stereocenters. The molecule has 28 heavy (non-hydrogen) atoms. The number of anilines is 1. The molecule has 1 fully saturated rings. The van der Waals surface area contributed by atoms with E-state index < -0.39 is 11.9 Å². The average molecular weight is 393 g/mol. The highest BCUT2D eigenvalue weighted by atomic mass is 16.6. The molecule has 0 saturated carbocycles. The average Bonchev–Trinajstić information content (AvgIpc) is 3.05. The van der Waals surface area contributed by atoms with Gasteiger partial charge in [-0.25, -0.2) is 9.59 Å². The molecule has 0 radical (unpaired) electrons. The molecule has 2 heterocycles. The van der Waals surface area contributed by atoms with Gasteiger partial charge in [-0.15, -0.1) is 0 Å². The fourth-order valence-electron chi connectivity index (χ4n) is 4.06. The van der Waals surface area contributed by atoms with Crippen molar-refractivity contribution in [1.29, 1.82) is 0 Å². The molecule has 10 nitrogen and oxygen atoms in total. The molecule has 2 aliphatic heterocycles. The fourth-order valence-corrected chi connectivity index (χ4v) is 4.06. The lowest BCUT2D eigenvalue weighted by Gasteiger charge is -2.32. The highest BCUT2D eigenvalue weighted by Crippen LogP contribution is 2.55. The van der Waals surface area contributed by atoms with Crippen molar-refractivity contribution in [3.63, 3.8) is 0 Å². The number of aliphatic carboxylic acids is 2. The van der Waals surface area contributed by atoms with Gasteiger partial charge in [0, 0.05) is 31.2 Å². The number of benzene rings is 1. The van der Waals surface area contributed by atoms with Crippen molar-refractivity contribution in [3.05, 3.63) is 40.0 Å². The SMILES string of the molecule is COc1cc([N+](=O)[O-])c2c(c1)[C@]1(C)CCN(C)[C@@H]1N2C.O=C(O)/C=C/C(=O)O. The van der Waals surface area contributed by atoms with Crippen molar-refractivity contribution in [2.24, 2.45) is 0 Å². The van der Waals surface area contributed by atoms with Crippen LogP contribution in [0, 0.1) is 10.1 Å². The number of methoxy groups -OCH3 is 1. The number of ether oxygens (including phenoxy) is 1. The zero-order chi connectivity index (χ0) is 21.2. The molecule has 10 heteroatoms. The Morgan fingerprint density at radius 2 is 1.86 bits per heavy atom. The van der Waals surface area contributed by atoms with Crippen LogP contribution in [-0.2, 0) is 15.0 Å². The Kier molecular flexibility index (Phi) is 5.93. The van der Waals surface area contributed by atoms with E-state index in [1.807, 2.05) is 18.0 Å². The zero-order valence-corrected chi connectivity index (χ0v) is 16.1. The molecular formula is C18H23N3O7. The minimum atomic E-state index is -1.26. The number of nitro benzene ring substituents is 1. The van der Waals surface area contributed by atoms with Crippen LogP contribution in [0.3, 0.4) is 0 Å². The number of nitrogens with zero attached hydrogens (tertiary/aromatic N) is 3. The quantitative estimate of drug-likeness (QED) is 0.445. The van der Waals surface area contributed by atoms with Crippen molar-refractivity contribution < 1.29 is 29.5 Å². The van der Waals surface area contributed by atoms with Gasteiger partial charge in [0.05, 0.1) is 24.3 Å². The Morgan fingerprint density at radius 1 is 1.29 bits per heavy atom.